The van der Waals surface area contributed by atoms with Gasteiger partial charge in [0.05, 0.1) is 17.6 Å². The summed E-state index contributed by atoms with van der Waals surface area (Å²) in [5.74, 6) is 1.42. The number of hydrogen-bond acceptors (Lipinski definition) is 6. The van der Waals surface area contributed by atoms with Crippen LogP contribution in [0, 0.1) is 0 Å². The Bertz CT molecular complexity index is 908. The van der Waals surface area contributed by atoms with Gasteiger partial charge in [-0.1, -0.05) is 13.3 Å². The first-order chi connectivity index (χ1) is 12.3. The van der Waals surface area contributed by atoms with Gasteiger partial charge in [0.15, 0.2) is 0 Å². The Kier molecular flexibility index (Phi) is 4.01. The Balaban J connectivity index is 1.86. The molecule has 0 radical (unpaired) electrons. The molecule has 6 heteroatoms. The lowest BCUT2D eigenvalue weighted by molar-refractivity contribution is 0.684. The van der Waals surface area contributed by atoms with Crippen LogP contribution >= 0.6 is 0 Å². The van der Waals surface area contributed by atoms with Gasteiger partial charge in [-0.15, -0.1) is 0 Å². The number of fused-ring (bicyclic) bond motifs is 5. The average Bonchev–Trinajstić information content (AvgIpc) is 2.76. The first-order valence-corrected chi connectivity index (χ1v) is 8.56. The molecule has 1 aliphatic rings. The number of hydrogen-bond donors (Lipinski definition) is 2. The monoisotopic (exact) mass is 332 g/mol. The minimum Gasteiger partial charge on any atom is -0.352 e. The first kappa shape index (κ1) is 15.5. The predicted octanol–water partition coefficient (Wildman–Crippen LogP) is 4.26. The molecule has 0 bridgehead atoms. The Morgan fingerprint density at radius 3 is 2.88 bits per heavy atom. The smallest absolute Gasteiger partial charge is 0.223 e. The van der Waals surface area contributed by atoms with E-state index in [9.17, 15) is 0 Å². The number of pyridine rings is 2. The zero-order valence-corrected chi connectivity index (χ0v) is 14.3. The Morgan fingerprint density at radius 1 is 1.08 bits per heavy atom. The van der Waals surface area contributed by atoms with E-state index in [2.05, 4.69) is 39.4 Å². The van der Waals surface area contributed by atoms with Gasteiger partial charge in [-0.25, -0.2) is 15.0 Å². The second-order valence-corrected chi connectivity index (χ2v) is 6.24. The number of anilines is 3. The summed E-state index contributed by atoms with van der Waals surface area (Å²) < 4.78 is 0. The molecule has 4 heterocycles. The molecule has 3 aromatic rings. The summed E-state index contributed by atoms with van der Waals surface area (Å²) in [4.78, 5) is 18.0. The van der Waals surface area contributed by atoms with Crippen LogP contribution in [0.4, 0.5) is 17.5 Å². The molecule has 0 spiro atoms. The zero-order valence-electron chi connectivity index (χ0n) is 14.3. The maximum atomic E-state index is 4.81. The molecule has 2 N–H and O–H groups in total. The van der Waals surface area contributed by atoms with Gasteiger partial charge in [0, 0.05) is 41.3 Å². The fourth-order valence-electron chi connectivity index (χ4n) is 3.13. The van der Waals surface area contributed by atoms with Crippen LogP contribution in [-0.2, 0) is 0 Å². The maximum absolute atomic E-state index is 4.81. The average molecular weight is 332 g/mol. The highest BCUT2D eigenvalue weighted by Gasteiger charge is 2.22. The third-order valence-corrected chi connectivity index (χ3v) is 4.31. The van der Waals surface area contributed by atoms with Gasteiger partial charge in [-0.05, 0) is 31.5 Å². The number of nitrogens with zero attached hydrogens (tertiary/aromatic N) is 4. The summed E-state index contributed by atoms with van der Waals surface area (Å²) in [5, 5.41) is 6.76. The number of nitrogens with one attached hydrogen (secondary N) is 2. The minimum atomic E-state index is 0.330. The van der Waals surface area contributed by atoms with Crippen molar-refractivity contribution < 1.29 is 0 Å². The van der Waals surface area contributed by atoms with Crippen molar-refractivity contribution in [3.63, 3.8) is 0 Å². The highest BCUT2D eigenvalue weighted by atomic mass is 15.1. The van der Waals surface area contributed by atoms with Crippen LogP contribution in [-0.4, -0.2) is 26.0 Å². The van der Waals surface area contributed by atoms with E-state index in [0.29, 0.717) is 12.0 Å². The molecule has 4 rings (SSSR count). The van der Waals surface area contributed by atoms with E-state index >= 15 is 0 Å². The molecular weight excluding hydrogens is 312 g/mol. The second-order valence-electron chi connectivity index (χ2n) is 6.24. The van der Waals surface area contributed by atoms with Crippen molar-refractivity contribution in [2.24, 2.45) is 0 Å². The van der Waals surface area contributed by atoms with Gasteiger partial charge in [0.2, 0.25) is 5.95 Å². The molecule has 0 saturated carbocycles. The molecule has 0 fully saturated rings. The topological polar surface area (TPSA) is 75.6 Å². The molecular formula is C19H20N6. The minimum absolute atomic E-state index is 0.330. The van der Waals surface area contributed by atoms with Gasteiger partial charge in [0.25, 0.3) is 0 Å². The van der Waals surface area contributed by atoms with Crippen molar-refractivity contribution in [3.8, 4) is 22.4 Å². The summed E-state index contributed by atoms with van der Waals surface area (Å²) in [6.45, 7) is 4.32. The summed E-state index contributed by atoms with van der Waals surface area (Å²) in [5.41, 5.74) is 4.75. The van der Waals surface area contributed by atoms with Crippen LogP contribution in [0.1, 0.15) is 26.7 Å². The van der Waals surface area contributed by atoms with E-state index in [1.807, 2.05) is 24.4 Å². The predicted molar refractivity (Wildman–Crippen MR) is 99.8 cm³/mol. The molecule has 6 nitrogen and oxygen atoms in total. The van der Waals surface area contributed by atoms with E-state index in [4.69, 9.17) is 4.98 Å². The van der Waals surface area contributed by atoms with Crippen LogP contribution < -0.4 is 10.6 Å². The normalized spacial score (nSPS) is 12.9. The lowest BCUT2D eigenvalue weighted by atomic mass is 10.0. The Morgan fingerprint density at radius 2 is 2.00 bits per heavy atom. The van der Waals surface area contributed by atoms with Gasteiger partial charge in [-0.2, -0.15) is 0 Å². The highest BCUT2D eigenvalue weighted by Crippen LogP contribution is 2.41. The molecule has 1 atom stereocenters. The SMILES string of the molecule is CCCC(C)Nc1ncc2c(n1)-c1cccnc1Nc1cnccc1-2. The molecule has 1 aliphatic heterocycles. The van der Waals surface area contributed by atoms with Crippen LogP contribution in [0.15, 0.2) is 43.0 Å². The van der Waals surface area contributed by atoms with Crippen LogP contribution in [0.2, 0.25) is 0 Å². The van der Waals surface area contributed by atoms with E-state index in [-0.39, 0.29) is 0 Å². The van der Waals surface area contributed by atoms with E-state index < -0.39 is 0 Å². The molecule has 0 aliphatic carbocycles. The molecule has 3 aromatic heterocycles. The molecule has 1 unspecified atom stereocenters. The standard InChI is InChI=1S/C19H20N6/c1-3-5-12(2)23-19-22-10-15-13-7-9-20-11-16(13)24-18-14(17(15)25-19)6-4-8-21-18/h4,6-12H,3,5H2,1-2H3,(H,21,24)(H,22,23,25). The highest BCUT2D eigenvalue weighted by molar-refractivity contribution is 5.95. The van der Waals surface area contributed by atoms with E-state index in [1.165, 1.54) is 0 Å². The van der Waals surface area contributed by atoms with Gasteiger partial charge < -0.3 is 10.6 Å². The Labute approximate surface area is 146 Å². The lowest BCUT2D eigenvalue weighted by Crippen LogP contribution is -2.16. The van der Waals surface area contributed by atoms with Crippen LogP contribution in [0.5, 0.6) is 0 Å². The fraction of sp³-hybridized carbons (Fsp3) is 0.263. The quantitative estimate of drug-likeness (QED) is 0.581. The largest absolute Gasteiger partial charge is 0.352 e. The summed E-state index contributed by atoms with van der Waals surface area (Å²) in [6, 6.07) is 6.26. The second kappa shape index (κ2) is 6.47. The summed E-state index contributed by atoms with van der Waals surface area (Å²) in [7, 11) is 0. The number of aromatic nitrogens is 4. The molecule has 25 heavy (non-hydrogen) atoms. The zero-order chi connectivity index (χ0) is 17.2. The molecule has 0 amide bonds. The van der Waals surface area contributed by atoms with Crippen molar-refractivity contribution in [2.75, 3.05) is 10.6 Å². The fourth-order valence-corrected chi connectivity index (χ4v) is 3.13. The van der Waals surface area contributed by atoms with Crippen LogP contribution in [0.3, 0.4) is 0 Å². The van der Waals surface area contributed by atoms with Gasteiger partial charge in [0.1, 0.15) is 5.82 Å². The summed E-state index contributed by atoms with van der Waals surface area (Å²) in [6.07, 6.45) is 9.44. The van der Waals surface area contributed by atoms with Gasteiger partial charge in [-0.3, -0.25) is 4.98 Å². The van der Waals surface area contributed by atoms with Gasteiger partial charge >= 0.3 is 0 Å². The molecule has 0 saturated heterocycles. The van der Waals surface area contributed by atoms with E-state index in [1.54, 1.807) is 18.6 Å². The van der Waals surface area contributed by atoms with Crippen molar-refractivity contribution in [1.29, 1.82) is 0 Å². The third-order valence-electron chi connectivity index (χ3n) is 4.31. The third kappa shape index (κ3) is 2.91. The van der Waals surface area contributed by atoms with Crippen molar-refractivity contribution in [1.82, 2.24) is 19.9 Å². The summed E-state index contributed by atoms with van der Waals surface area (Å²) >= 11 is 0. The Hall–Kier alpha value is -3.02. The lowest BCUT2D eigenvalue weighted by Gasteiger charge is -2.15. The number of rotatable bonds is 4. The van der Waals surface area contributed by atoms with E-state index in [0.717, 1.165) is 46.7 Å². The van der Waals surface area contributed by atoms with Crippen molar-refractivity contribution >= 4 is 17.5 Å². The van der Waals surface area contributed by atoms with Crippen molar-refractivity contribution in [3.05, 3.63) is 43.0 Å². The molecule has 126 valence electrons. The maximum Gasteiger partial charge on any atom is 0.223 e. The molecule has 0 aromatic carbocycles. The first-order valence-electron chi connectivity index (χ1n) is 8.56. The van der Waals surface area contributed by atoms with Crippen molar-refractivity contribution in [2.45, 2.75) is 32.7 Å². The van der Waals surface area contributed by atoms with Crippen LogP contribution in [0.25, 0.3) is 22.4 Å².